The molecule has 11 nitrogen and oxygen atoms in total. The molecular weight excluding hydrogens is 678 g/mol. The van der Waals surface area contributed by atoms with E-state index in [0.29, 0.717) is 19.4 Å². The molecule has 12 heteroatoms. The molecule has 48 heavy (non-hydrogen) atoms. The van der Waals surface area contributed by atoms with Crippen molar-refractivity contribution >= 4 is 39.7 Å². The summed E-state index contributed by atoms with van der Waals surface area (Å²) in [4.78, 5) is 52.8. The molecular formula is C36H50BrN5O6. The minimum atomic E-state index is -1.86. The Balaban J connectivity index is 1.89. The van der Waals surface area contributed by atoms with Gasteiger partial charge in [0.05, 0.1) is 7.11 Å². The molecule has 0 radical (unpaired) electrons. The number of carbonyl (C=O) groups is 4. The van der Waals surface area contributed by atoms with E-state index in [9.17, 15) is 24.3 Å². The molecule has 0 aliphatic carbocycles. The van der Waals surface area contributed by atoms with Gasteiger partial charge in [-0.15, -0.1) is 0 Å². The monoisotopic (exact) mass is 727 g/mol. The summed E-state index contributed by atoms with van der Waals surface area (Å²) >= 11 is 3.45. The van der Waals surface area contributed by atoms with Crippen LogP contribution in [-0.2, 0) is 38.5 Å². The van der Waals surface area contributed by atoms with Crippen LogP contribution < -0.4 is 21.4 Å². The summed E-state index contributed by atoms with van der Waals surface area (Å²) in [5.74, 6) is -1.47. The van der Waals surface area contributed by atoms with Gasteiger partial charge in [0.2, 0.25) is 5.91 Å². The van der Waals surface area contributed by atoms with E-state index in [1.54, 1.807) is 11.2 Å². The second-order valence-electron chi connectivity index (χ2n) is 14.5. The summed E-state index contributed by atoms with van der Waals surface area (Å²) in [6.07, 6.45) is 3.69. The van der Waals surface area contributed by atoms with Crippen LogP contribution in [0.1, 0.15) is 71.1 Å². The Labute approximate surface area is 292 Å². The van der Waals surface area contributed by atoms with Crippen LogP contribution in [0, 0.1) is 10.8 Å². The van der Waals surface area contributed by atoms with Crippen molar-refractivity contribution in [3.8, 4) is 0 Å². The first-order chi connectivity index (χ1) is 22.4. The Morgan fingerprint density at radius 2 is 1.67 bits per heavy atom. The van der Waals surface area contributed by atoms with Crippen LogP contribution in [0.3, 0.4) is 0 Å². The molecule has 0 saturated carbocycles. The van der Waals surface area contributed by atoms with Crippen molar-refractivity contribution in [2.45, 2.75) is 91.5 Å². The van der Waals surface area contributed by atoms with Crippen LogP contribution in [-0.4, -0.2) is 65.3 Å². The van der Waals surface area contributed by atoms with Crippen molar-refractivity contribution < 1.29 is 29.0 Å². The second-order valence-corrected chi connectivity index (χ2v) is 15.4. The fraction of sp³-hybridized carbons (Fsp3) is 0.500. The SMILES string of the molecule is COC(=O)N[C@H](C(=O)NN(CCC[C@@]1(O)Cc2ccc(cc2)C/C=C\NC(=O)[C@H](C(C)(C)C)NC1=O)Cc1ccc(Br)cc1)C(C)(C)C. The molecule has 5 N–H and O–H groups in total. The second kappa shape index (κ2) is 16.6. The fourth-order valence-electron chi connectivity index (χ4n) is 5.39. The van der Waals surface area contributed by atoms with Crippen molar-refractivity contribution in [2.24, 2.45) is 10.8 Å². The maximum Gasteiger partial charge on any atom is 0.407 e. The van der Waals surface area contributed by atoms with E-state index in [-0.39, 0.29) is 25.3 Å². The molecule has 262 valence electrons. The van der Waals surface area contributed by atoms with Gasteiger partial charge in [-0.25, -0.2) is 9.80 Å². The first-order valence-electron chi connectivity index (χ1n) is 16.1. The number of hydrogen-bond acceptors (Lipinski definition) is 7. The molecule has 4 rings (SSSR count). The predicted molar refractivity (Wildman–Crippen MR) is 188 cm³/mol. The molecule has 3 atom stereocenters. The van der Waals surface area contributed by atoms with Crippen LogP contribution in [0.25, 0.3) is 0 Å². The van der Waals surface area contributed by atoms with E-state index in [0.717, 1.165) is 21.2 Å². The van der Waals surface area contributed by atoms with Gasteiger partial charge in [0.15, 0.2) is 0 Å². The smallest absolute Gasteiger partial charge is 0.407 e. The number of ether oxygens (including phenoxy) is 1. The minimum absolute atomic E-state index is 0.0294. The predicted octanol–water partition coefficient (Wildman–Crippen LogP) is 4.52. The summed E-state index contributed by atoms with van der Waals surface area (Å²) in [5.41, 5.74) is 2.52. The largest absolute Gasteiger partial charge is 0.453 e. The molecule has 2 bridgehead atoms. The van der Waals surface area contributed by atoms with Gasteiger partial charge in [-0.3, -0.25) is 19.8 Å². The maximum atomic E-state index is 13.9. The molecule has 0 spiro atoms. The number of rotatable bonds is 9. The zero-order valence-electron chi connectivity index (χ0n) is 29.0. The van der Waals surface area contributed by atoms with Crippen LogP contribution in [0.4, 0.5) is 4.79 Å². The Morgan fingerprint density at radius 1 is 1.04 bits per heavy atom. The number of aliphatic hydroxyl groups is 1. The molecule has 2 heterocycles. The Kier molecular flexibility index (Phi) is 13.4. The molecule has 0 unspecified atom stereocenters. The highest BCUT2D eigenvalue weighted by Crippen LogP contribution is 2.26. The minimum Gasteiger partial charge on any atom is -0.453 e. The van der Waals surface area contributed by atoms with Gasteiger partial charge >= 0.3 is 6.09 Å². The van der Waals surface area contributed by atoms with Crippen LogP contribution in [0.2, 0.25) is 0 Å². The van der Waals surface area contributed by atoms with Crippen molar-refractivity contribution in [1.29, 1.82) is 0 Å². The van der Waals surface area contributed by atoms with Crippen LogP contribution >= 0.6 is 15.9 Å². The average molecular weight is 729 g/mol. The average Bonchev–Trinajstić information content (AvgIpc) is 3.00. The standard InChI is InChI=1S/C36H50BrN5O6/c1-34(2,3)28-30(43)38-20-8-10-24-11-13-25(14-12-24)22-36(47,32(45)39-28)19-9-21-42(23-26-15-17-27(37)18-16-26)41-31(44)29(35(4,5)6)40-33(46)48-7/h8,11-18,20,28-29,47H,9-10,19,21-23H2,1-7H3,(H,38,43)(H,39,45)(H,40,46)(H,41,44)/b20-8-/t28-,29-,36-/m1/s1. The van der Waals surface area contributed by atoms with Gasteiger partial charge in [0.1, 0.15) is 17.7 Å². The number of hydrazine groups is 1. The summed E-state index contributed by atoms with van der Waals surface area (Å²) < 4.78 is 5.66. The highest BCUT2D eigenvalue weighted by atomic mass is 79.9. The van der Waals surface area contributed by atoms with Crippen LogP contribution in [0.15, 0.2) is 65.3 Å². The Morgan fingerprint density at radius 3 is 2.25 bits per heavy atom. The van der Waals surface area contributed by atoms with E-state index in [1.807, 2.05) is 96.1 Å². The normalized spacial score (nSPS) is 20.2. The maximum absolute atomic E-state index is 13.9. The van der Waals surface area contributed by atoms with E-state index in [2.05, 4.69) is 37.3 Å². The molecule has 4 amide bonds. The summed E-state index contributed by atoms with van der Waals surface area (Å²) in [5, 5.41) is 22.0. The number of hydrogen-bond donors (Lipinski definition) is 5. The number of carbonyl (C=O) groups excluding carboxylic acids is 4. The van der Waals surface area contributed by atoms with E-state index in [4.69, 9.17) is 4.74 Å². The van der Waals surface area contributed by atoms with E-state index in [1.165, 1.54) is 7.11 Å². The number of nitrogens with zero attached hydrogens (tertiary/aromatic N) is 1. The number of fused-ring (bicyclic) bond motifs is 10. The van der Waals surface area contributed by atoms with Gasteiger partial charge < -0.3 is 25.8 Å². The number of allylic oxidation sites excluding steroid dienone is 1. The van der Waals surface area contributed by atoms with Crippen molar-refractivity contribution in [3.05, 3.63) is 82.0 Å². The molecule has 0 fully saturated rings. The lowest BCUT2D eigenvalue weighted by Gasteiger charge is -2.35. The third-order valence-electron chi connectivity index (χ3n) is 8.19. The zero-order chi connectivity index (χ0) is 35.7. The molecule has 0 saturated heterocycles. The van der Waals surface area contributed by atoms with E-state index < -0.39 is 46.4 Å². The van der Waals surface area contributed by atoms with Crippen molar-refractivity contribution in [1.82, 2.24) is 26.4 Å². The third-order valence-corrected chi connectivity index (χ3v) is 8.72. The lowest BCUT2D eigenvalue weighted by molar-refractivity contribution is -0.145. The topological polar surface area (TPSA) is 149 Å². The molecule has 2 aromatic carbocycles. The van der Waals surface area contributed by atoms with E-state index >= 15 is 0 Å². The summed E-state index contributed by atoms with van der Waals surface area (Å²) in [6, 6.07) is 13.5. The van der Waals surface area contributed by atoms with Crippen molar-refractivity contribution in [3.63, 3.8) is 0 Å². The molecule has 2 aliphatic heterocycles. The van der Waals surface area contributed by atoms with Gasteiger partial charge in [0, 0.05) is 30.2 Å². The quantitative estimate of drug-likeness (QED) is 0.239. The first-order valence-corrected chi connectivity index (χ1v) is 16.9. The Bertz CT molecular complexity index is 1450. The van der Waals surface area contributed by atoms with Gasteiger partial charge in [0.25, 0.3) is 11.8 Å². The number of halogens is 1. The Hall–Kier alpha value is -3.74. The first kappa shape index (κ1) is 38.7. The highest BCUT2D eigenvalue weighted by Gasteiger charge is 2.41. The zero-order valence-corrected chi connectivity index (χ0v) is 30.6. The van der Waals surface area contributed by atoms with Crippen molar-refractivity contribution in [2.75, 3.05) is 13.7 Å². The molecule has 0 aromatic heterocycles. The third kappa shape index (κ3) is 11.5. The fourth-order valence-corrected chi connectivity index (χ4v) is 5.66. The lowest BCUT2D eigenvalue weighted by atomic mass is 9.83. The lowest BCUT2D eigenvalue weighted by Crippen LogP contribution is -2.59. The molecule has 2 aliphatic rings. The number of alkyl carbamates (subject to hydrolysis) is 1. The highest BCUT2D eigenvalue weighted by molar-refractivity contribution is 9.10. The van der Waals surface area contributed by atoms with Gasteiger partial charge in [-0.05, 0) is 58.9 Å². The van der Waals surface area contributed by atoms with Gasteiger partial charge in [-0.2, -0.15) is 0 Å². The number of amides is 4. The summed E-state index contributed by atoms with van der Waals surface area (Å²) in [7, 11) is 1.24. The van der Waals surface area contributed by atoms with Crippen LogP contribution in [0.5, 0.6) is 0 Å². The number of benzene rings is 2. The molecule has 2 aromatic rings. The summed E-state index contributed by atoms with van der Waals surface area (Å²) in [6.45, 7) is 11.6. The number of methoxy groups -OCH3 is 1. The van der Waals surface area contributed by atoms with Gasteiger partial charge in [-0.1, -0.05) is 99.9 Å². The number of nitrogens with one attached hydrogen (secondary N) is 4.